The van der Waals surface area contributed by atoms with Crippen LogP contribution in [0.25, 0.3) is 0 Å². The molecule has 0 radical (unpaired) electrons. The number of aryl methyl sites for hydroxylation is 1. The van der Waals surface area contributed by atoms with E-state index in [2.05, 4.69) is 35.7 Å². The number of aromatic nitrogens is 5. The van der Waals surface area contributed by atoms with Crippen LogP contribution >= 0.6 is 11.3 Å². The SMILES string of the molecule is Cn1nnnc1CO/N=C(\C(=O)N[C@@H]1C(=O)N(S(=O)(=O)O)[C@@H]1COC(N)=O)c1csc(N)n1.[NaH]. The Morgan fingerprint density at radius 3 is 2.65 bits per heavy atom. The predicted molar refractivity (Wildman–Crippen MR) is 113 cm³/mol. The van der Waals surface area contributed by atoms with Gasteiger partial charge in [0.2, 0.25) is 0 Å². The molecule has 180 valence electrons. The van der Waals surface area contributed by atoms with Gasteiger partial charge in [0.1, 0.15) is 24.4 Å². The zero-order valence-electron chi connectivity index (χ0n) is 16.6. The van der Waals surface area contributed by atoms with Crippen LogP contribution in [0.3, 0.4) is 0 Å². The first-order valence-electron chi connectivity index (χ1n) is 8.65. The number of rotatable bonds is 9. The van der Waals surface area contributed by atoms with E-state index in [0.717, 1.165) is 11.3 Å². The number of tetrazole rings is 1. The summed E-state index contributed by atoms with van der Waals surface area (Å²) in [4.78, 5) is 45.0. The normalized spacial score (nSPS) is 18.0. The first-order chi connectivity index (χ1) is 15.5. The second kappa shape index (κ2) is 11.0. The molecule has 21 heteroatoms. The monoisotopic (exact) mass is 528 g/mol. The fourth-order valence-corrected chi connectivity index (χ4v) is 4.04. The molecule has 18 nitrogen and oxygen atoms in total. The number of nitrogen functional groups attached to an aromatic ring is 1. The molecular weight excluding hydrogens is 511 g/mol. The Bertz CT molecular complexity index is 1210. The Kier molecular flexibility index (Phi) is 8.85. The van der Waals surface area contributed by atoms with Crippen molar-refractivity contribution in [3.05, 3.63) is 16.9 Å². The van der Waals surface area contributed by atoms with E-state index < -0.39 is 52.6 Å². The van der Waals surface area contributed by atoms with Crippen LogP contribution in [0.4, 0.5) is 9.93 Å². The van der Waals surface area contributed by atoms with Crippen LogP contribution in [-0.4, -0.2) is 114 Å². The summed E-state index contributed by atoms with van der Waals surface area (Å²) in [7, 11) is -3.45. The molecule has 0 spiro atoms. The molecule has 2 atom stereocenters. The van der Waals surface area contributed by atoms with Crippen molar-refractivity contribution in [2.75, 3.05) is 12.3 Å². The Hall–Kier alpha value is -2.91. The average molecular weight is 528 g/mol. The van der Waals surface area contributed by atoms with Crippen molar-refractivity contribution in [3.8, 4) is 0 Å². The number of carbonyl (C=O) groups is 3. The Balaban J connectivity index is 0.00000408. The molecule has 3 heterocycles. The number of nitrogens with one attached hydrogen (secondary N) is 1. The molecular formula is C13H17N10NaO8S2. The third-order valence-electron chi connectivity index (χ3n) is 4.14. The van der Waals surface area contributed by atoms with Gasteiger partial charge in [-0.1, -0.05) is 5.16 Å². The Labute approximate surface area is 216 Å². The number of β-lactam (4-membered cyclic amide) rings is 1. The number of nitrogens with two attached hydrogens (primary N) is 2. The Morgan fingerprint density at radius 2 is 2.12 bits per heavy atom. The number of oxime groups is 1. The van der Waals surface area contributed by atoms with E-state index in [4.69, 9.17) is 16.3 Å². The van der Waals surface area contributed by atoms with Crippen LogP contribution in [0.1, 0.15) is 11.5 Å². The summed E-state index contributed by atoms with van der Waals surface area (Å²) in [6, 6.07) is -2.97. The van der Waals surface area contributed by atoms with Crippen molar-refractivity contribution in [3.63, 3.8) is 0 Å². The number of ether oxygens (including phenoxy) is 1. The molecule has 0 aromatic carbocycles. The summed E-state index contributed by atoms with van der Waals surface area (Å²) in [5, 5.41) is 18.2. The fourth-order valence-electron chi connectivity index (χ4n) is 2.63. The molecule has 0 saturated carbocycles. The Morgan fingerprint density at radius 1 is 1.41 bits per heavy atom. The van der Waals surface area contributed by atoms with E-state index in [1.54, 1.807) is 7.05 Å². The van der Waals surface area contributed by atoms with Crippen molar-refractivity contribution in [2.24, 2.45) is 17.9 Å². The summed E-state index contributed by atoms with van der Waals surface area (Å²) in [5.41, 5.74) is 10.0. The van der Waals surface area contributed by atoms with Crippen molar-refractivity contribution in [1.82, 2.24) is 34.8 Å². The third-order valence-corrected chi connectivity index (χ3v) is 5.76. The molecule has 2 aromatic rings. The van der Waals surface area contributed by atoms with Gasteiger partial charge in [-0.05, 0) is 10.4 Å². The summed E-state index contributed by atoms with van der Waals surface area (Å²) >= 11 is 0.994. The number of nitrogens with zero attached hydrogens (tertiary/aromatic N) is 7. The molecule has 0 unspecified atom stereocenters. The number of primary amides is 1. The van der Waals surface area contributed by atoms with Gasteiger partial charge in [-0.3, -0.25) is 14.1 Å². The molecule has 6 N–H and O–H groups in total. The zero-order valence-corrected chi connectivity index (χ0v) is 18.2. The standard InChI is InChI=1S/C13H16N10O8S2.Na.H/c1-22-7(18-20-21-22)3-31-19-8(5-4-32-12(14)16-5)10(24)17-9-6(2-30-13(15)26)23(11(9)25)33(27,28)29;;/h4,6,9H,2-3H2,1H3,(H2,14,16)(H2,15,26)(H,17,24)(H,27,28,29);;/b19-8-;;/t6-,9+;;/m1../s1. The predicted octanol–water partition coefficient (Wildman–Crippen LogP) is -3.89. The molecule has 1 fully saturated rings. The van der Waals surface area contributed by atoms with Crippen molar-refractivity contribution < 1.29 is 36.9 Å². The number of hydrogen-bond donors (Lipinski definition) is 4. The van der Waals surface area contributed by atoms with Crippen LogP contribution in [0.15, 0.2) is 10.5 Å². The zero-order chi connectivity index (χ0) is 24.3. The van der Waals surface area contributed by atoms with Gasteiger partial charge in [-0.2, -0.15) is 8.42 Å². The van der Waals surface area contributed by atoms with Crippen LogP contribution < -0.4 is 16.8 Å². The number of hydrogen-bond acceptors (Lipinski definition) is 14. The maximum absolute atomic E-state index is 12.8. The van der Waals surface area contributed by atoms with Gasteiger partial charge in [-0.15, -0.1) is 16.4 Å². The van der Waals surface area contributed by atoms with E-state index in [-0.39, 0.29) is 57.1 Å². The van der Waals surface area contributed by atoms with E-state index in [0.29, 0.717) is 0 Å². The van der Waals surface area contributed by atoms with Crippen LogP contribution in [0.5, 0.6) is 0 Å². The van der Waals surface area contributed by atoms with Crippen LogP contribution in [0, 0.1) is 0 Å². The molecule has 2 aromatic heterocycles. The second-order valence-electron chi connectivity index (χ2n) is 6.26. The average Bonchev–Trinajstić information content (AvgIpc) is 3.32. The summed E-state index contributed by atoms with van der Waals surface area (Å²) in [5.74, 6) is -1.92. The fraction of sp³-hybridized carbons (Fsp3) is 0.385. The second-order valence-corrected chi connectivity index (χ2v) is 8.44. The summed E-state index contributed by atoms with van der Waals surface area (Å²) in [6.07, 6.45) is -1.26. The third kappa shape index (κ3) is 6.15. The first kappa shape index (κ1) is 27.3. The van der Waals surface area contributed by atoms with E-state index in [1.165, 1.54) is 10.1 Å². The summed E-state index contributed by atoms with van der Waals surface area (Å²) in [6.45, 7) is -0.953. The molecule has 0 aliphatic carbocycles. The van der Waals surface area contributed by atoms with Crippen LogP contribution in [0.2, 0.25) is 0 Å². The molecule has 1 saturated heterocycles. The molecule has 3 amide bonds. The van der Waals surface area contributed by atoms with Gasteiger partial charge in [0.15, 0.2) is 23.3 Å². The summed E-state index contributed by atoms with van der Waals surface area (Å²) < 4.78 is 38.0. The molecule has 3 rings (SSSR count). The topological polar surface area (TPSA) is 260 Å². The number of thiazole rings is 1. The van der Waals surface area contributed by atoms with Crippen molar-refractivity contribution in [2.45, 2.75) is 18.7 Å². The van der Waals surface area contributed by atoms with Gasteiger partial charge in [0, 0.05) is 12.4 Å². The first-order valence-corrected chi connectivity index (χ1v) is 10.9. The molecule has 1 aliphatic rings. The molecule has 0 bridgehead atoms. The van der Waals surface area contributed by atoms with E-state index in [1.807, 2.05) is 0 Å². The van der Waals surface area contributed by atoms with E-state index >= 15 is 0 Å². The van der Waals surface area contributed by atoms with Crippen LogP contribution in [-0.2, 0) is 43.1 Å². The maximum atomic E-state index is 12.8. The van der Waals surface area contributed by atoms with Gasteiger partial charge in [0.25, 0.3) is 11.8 Å². The number of amides is 3. The van der Waals surface area contributed by atoms with Gasteiger partial charge >= 0.3 is 46.0 Å². The number of anilines is 1. The molecule has 34 heavy (non-hydrogen) atoms. The van der Waals surface area contributed by atoms with Gasteiger partial charge in [0.05, 0.1) is 0 Å². The molecule has 1 aliphatic heterocycles. The van der Waals surface area contributed by atoms with Crippen molar-refractivity contribution >= 4 is 79.9 Å². The van der Waals surface area contributed by atoms with Gasteiger partial charge in [-0.25, -0.2) is 18.8 Å². The van der Waals surface area contributed by atoms with E-state index in [9.17, 15) is 27.4 Å². The number of carbonyl (C=O) groups excluding carboxylic acids is 3. The van der Waals surface area contributed by atoms with Gasteiger partial charge < -0.3 is 26.4 Å². The van der Waals surface area contributed by atoms with Crippen molar-refractivity contribution in [1.29, 1.82) is 0 Å². The minimum atomic E-state index is -5.00. The minimum absolute atomic E-state index is 0. The quantitative estimate of drug-likeness (QED) is 0.0798.